The van der Waals surface area contributed by atoms with Gasteiger partial charge in [-0.05, 0) is 236 Å². The molecule has 426 valence electrons. The molecule has 3 N–H and O–H groups in total. The van der Waals surface area contributed by atoms with Crippen molar-refractivity contribution in [3.05, 3.63) is 135 Å². The summed E-state index contributed by atoms with van der Waals surface area (Å²) < 4.78 is 17.7. The molecule has 3 amide bonds. The molecule has 79 heavy (non-hydrogen) atoms. The summed E-state index contributed by atoms with van der Waals surface area (Å²) >= 11 is 3.49. The first kappa shape index (κ1) is 63.7. The Labute approximate surface area is 481 Å². The van der Waals surface area contributed by atoms with Crippen LogP contribution in [0.2, 0.25) is 0 Å². The lowest BCUT2D eigenvalue weighted by atomic mass is 9.77. The summed E-state index contributed by atoms with van der Waals surface area (Å²) in [6.07, 6.45) is 7.44. The van der Waals surface area contributed by atoms with Crippen molar-refractivity contribution in [2.45, 2.75) is 198 Å². The fourth-order valence-corrected chi connectivity index (χ4v) is 10.7. The fraction of sp³-hybridized carbons (Fsp3) is 0.462. The Morgan fingerprint density at radius 2 is 0.797 bits per heavy atom. The minimum absolute atomic E-state index is 0.0757. The number of allylic oxidation sites excluding steroid dienone is 4. The third-order valence-corrected chi connectivity index (χ3v) is 13.7. The Morgan fingerprint density at radius 1 is 0.468 bits per heavy atom. The van der Waals surface area contributed by atoms with E-state index in [0.717, 1.165) is 43.7 Å². The molecule has 0 aliphatic carbocycles. The molecule has 0 radical (unpaired) electrons. The lowest BCUT2D eigenvalue weighted by Gasteiger charge is -2.41. The fourth-order valence-electron chi connectivity index (χ4n) is 10.4. The van der Waals surface area contributed by atoms with Crippen LogP contribution >= 0.6 is 15.9 Å². The Hall–Kier alpha value is -6.09. The van der Waals surface area contributed by atoms with E-state index in [2.05, 4.69) is 112 Å². The molecule has 0 bridgehead atoms. The smallest absolute Gasteiger partial charge is 0.443 e. The van der Waals surface area contributed by atoms with Crippen molar-refractivity contribution >= 4 is 91.8 Å². The number of anilines is 4. The molecule has 0 spiro atoms. The molecular formula is C65H88BBrN4O8. The average Bonchev–Trinajstić information content (AvgIpc) is 3.26. The molecule has 4 aromatic rings. The van der Waals surface area contributed by atoms with E-state index in [-0.39, 0.29) is 17.7 Å². The number of fused-ring (bicyclic) bond motifs is 4. The first-order valence-corrected chi connectivity index (χ1v) is 27.9. The molecule has 0 atom stereocenters. The maximum Gasteiger partial charge on any atom is 0.488 e. The van der Waals surface area contributed by atoms with Gasteiger partial charge < -0.3 is 29.6 Å². The second-order valence-electron chi connectivity index (χ2n) is 26.4. The normalized spacial score (nSPS) is 17.1. The highest BCUT2D eigenvalue weighted by Crippen LogP contribution is 2.43. The van der Waals surface area contributed by atoms with E-state index < -0.39 is 46.6 Å². The van der Waals surface area contributed by atoms with Crippen LogP contribution in [0.15, 0.2) is 102 Å². The zero-order valence-corrected chi connectivity index (χ0v) is 53.0. The quantitative estimate of drug-likeness (QED) is 0.125. The summed E-state index contributed by atoms with van der Waals surface area (Å²) in [5.41, 5.74) is 12.7. The Bertz CT molecular complexity index is 3000. The number of nitrogens with zero attached hydrogens (tertiary/aromatic N) is 3. The molecule has 8 rings (SSSR count). The van der Waals surface area contributed by atoms with Gasteiger partial charge in [0, 0.05) is 32.4 Å². The largest absolute Gasteiger partial charge is 0.488 e. The molecule has 0 fully saturated rings. The van der Waals surface area contributed by atoms with Crippen LogP contribution in [0.3, 0.4) is 0 Å². The van der Waals surface area contributed by atoms with Crippen molar-refractivity contribution in [3.8, 4) is 0 Å². The van der Waals surface area contributed by atoms with E-state index in [9.17, 15) is 24.4 Å². The summed E-state index contributed by atoms with van der Waals surface area (Å²) in [6.45, 7) is 45.6. The minimum atomic E-state index is -1.54. The highest BCUT2D eigenvalue weighted by Gasteiger charge is 2.41. The zero-order valence-electron chi connectivity index (χ0n) is 51.4. The Kier molecular flexibility index (Phi) is 18.7. The van der Waals surface area contributed by atoms with Gasteiger partial charge in [0.15, 0.2) is 0 Å². The lowest BCUT2D eigenvalue weighted by molar-refractivity contribution is 0.0544. The van der Waals surface area contributed by atoms with Crippen LogP contribution < -0.4 is 25.5 Å². The number of nitrogens with one attached hydrogen (secondary N) is 1. The van der Waals surface area contributed by atoms with Gasteiger partial charge >= 0.3 is 25.4 Å². The number of ether oxygens (including phenoxy) is 3. The van der Waals surface area contributed by atoms with Crippen LogP contribution in [0.25, 0.3) is 22.3 Å². The van der Waals surface area contributed by atoms with Gasteiger partial charge in [0.2, 0.25) is 0 Å². The number of carbonyl (C=O) groups is 3. The Balaban J connectivity index is 0.000000196. The molecule has 14 heteroatoms. The van der Waals surface area contributed by atoms with E-state index in [0.29, 0.717) is 11.2 Å². The number of hydrogen-bond acceptors (Lipinski definition) is 9. The lowest BCUT2D eigenvalue weighted by Crippen LogP contribution is -2.51. The molecule has 4 heterocycles. The SMILES string of the molecule is CC1=CC(C)(C)N(C(=O)OC(C)(C)C)c2ccc(B(O)O)cc21.CC1=CC(C)(C)N(C(=O)OC(C)(C)C)c2ccc(Br)cc21.CC1=CC(C)(C)N(C(=O)OC(C)(C)C)c2ccc(C)cc21.CC1=CC(C)(C)Nc2ccc(C)cc21. The van der Waals surface area contributed by atoms with Gasteiger partial charge in [-0.3, -0.25) is 14.7 Å². The second kappa shape index (κ2) is 23.2. The predicted molar refractivity (Wildman–Crippen MR) is 333 cm³/mol. The van der Waals surface area contributed by atoms with Gasteiger partial charge in [-0.15, -0.1) is 0 Å². The van der Waals surface area contributed by atoms with Crippen LogP contribution in [-0.4, -0.2) is 74.4 Å². The number of aryl methyl sites for hydroxylation is 2. The van der Waals surface area contributed by atoms with Crippen LogP contribution in [0.4, 0.5) is 37.1 Å². The van der Waals surface area contributed by atoms with Crippen LogP contribution in [-0.2, 0) is 14.2 Å². The van der Waals surface area contributed by atoms with Gasteiger partial charge in [0.1, 0.15) is 16.8 Å². The maximum absolute atomic E-state index is 12.7. The third kappa shape index (κ3) is 16.1. The van der Waals surface area contributed by atoms with Gasteiger partial charge in [-0.2, -0.15) is 0 Å². The maximum atomic E-state index is 12.7. The molecule has 0 saturated heterocycles. The summed E-state index contributed by atoms with van der Waals surface area (Å²) in [4.78, 5) is 43.1. The van der Waals surface area contributed by atoms with Crippen LogP contribution in [0.1, 0.15) is 179 Å². The first-order chi connectivity index (χ1) is 35.9. The Morgan fingerprint density at radius 3 is 1.19 bits per heavy atom. The number of amides is 3. The van der Waals surface area contributed by atoms with Crippen molar-refractivity contribution in [3.63, 3.8) is 0 Å². The number of benzene rings is 4. The monoisotopic (exact) mass is 1140 g/mol. The van der Waals surface area contributed by atoms with Crippen molar-refractivity contribution < 1.29 is 38.6 Å². The number of hydrogen-bond donors (Lipinski definition) is 3. The van der Waals surface area contributed by atoms with Gasteiger partial charge in [0.05, 0.1) is 39.2 Å². The highest BCUT2D eigenvalue weighted by atomic mass is 79.9. The van der Waals surface area contributed by atoms with Crippen molar-refractivity contribution in [2.24, 2.45) is 0 Å². The van der Waals surface area contributed by atoms with E-state index in [1.807, 2.05) is 147 Å². The van der Waals surface area contributed by atoms with Crippen molar-refractivity contribution in [1.82, 2.24) is 0 Å². The number of carbonyl (C=O) groups excluding carboxylic acids is 3. The van der Waals surface area contributed by atoms with E-state index >= 15 is 0 Å². The second-order valence-corrected chi connectivity index (χ2v) is 27.4. The zero-order chi connectivity index (χ0) is 59.9. The van der Waals surface area contributed by atoms with E-state index in [4.69, 9.17) is 14.2 Å². The standard InChI is InChI=1S/C18H25NO2.C17H24BNO4.C17H22BrNO2.C13H17N/c1-12-8-9-15-14(10-12)13(2)11-18(6,7)19(15)16(20)21-17(3,4)5;1-11-10-17(5,6)19(15(20)23-16(2,3)4)14-8-7-12(18(21)22)9-13(11)14;1-11-10-17(5,6)19(15(20)21-16(2,3)4)14-8-7-12(18)9-13(11)14;1-9-5-6-12-11(7-9)10(2)8-13(3,4)14-12/h8-11H,1-7H3;7-10,21-22H,1-6H3;7-10H,1-6H3;5-8,14H,1-4H3. The van der Waals surface area contributed by atoms with Crippen LogP contribution in [0, 0.1) is 13.8 Å². The number of halogens is 1. The molecule has 4 aliphatic rings. The summed E-state index contributed by atoms with van der Waals surface area (Å²) in [5.74, 6) is 0. The predicted octanol–water partition coefficient (Wildman–Crippen LogP) is 16.2. The first-order valence-electron chi connectivity index (χ1n) is 27.1. The average molecular weight is 1140 g/mol. The molecule has 12 nitrogen and oxygen atoms in total. The molecule has 0 aromatic heterocycles. The summed E-state index contributed by atoms with van der Waals surface area (Å²) in [7, 11) is -1.54. The highest BCUT2D eigenvalue weighted by molar-refractivity contribution is 9.10. The molecule has 0 saturated carbocycles. The molecular weight excluding hydrogens is 1060 g/mol. The van der Waals surface area contributed by atoms with Gasteiger partial charge in [-0.25, -0.2) is 14.4 Å². The number of rotatable bonds is 1. The summed E-state index contributed by atoms with van der Waals surface area (Å²) in [5, 5.41) is 22.3. The van der Waals surface area contributed by atoms with E-state index in [1.54, 1.807) is 32.9 Å². The minimum Gasteiger partial charge on any atom is -0.443 e. The van der Waals surface area contributed by atoms with Crippen molar-refractivity contribution in [1.29, 1.82) is 0 Å². The summed E-state index contributed by atoms with van der Waals surface area (Å²) in [6, 6.07) is 23.7. The van der Waals surface area contributed by atoms with Gasteiger partial charge in [-0.1, -0.05) is 75.6 Å². The van der Waals surface area contributed by atoms with E-state index in [1.165, 1.54) is 33.5 Å². The van der Waals surface area contributed by atoms with Gasteiger partial charge in [0.25, 0.3) is 0 Å². The molecule has 4 aromatic carbocycles. The van der Waals surface area contributed by atoms with Crippen molar-refractivity contribution in [2.75, 3.05) is 20.0 Å². The molecule has 0 unspecified atom stereocenters. The van der Waals surface area contributed by atoms with Crippen LogP contribution in [0.5, 0.6) is 0 Å². The topological polar surface area (TPSA) is 141 Å². The third-order valence-electron chi connectivity index (χ3n) is 13.2. The molecule has 4 aliphatic heterocycles.